The second-order valence-corrected chi connectivity index (χ2v) is 7.97. The highest BCUT2D eigenvalue weighted by Crippen LogP contribution is 2.43. The van der Waals surface area contributed by atoms with E-state index in [1.54, 1.807) is 0 Å². The van der Waals surface area contributed by atoms with Gasteiger partial charge in [-0.25, -0.2) is 9.97 Å². The number of alkyl halides is 3. The summed E-state index contributed by atoms with van der Waals surface area (Å²) in [5, 5.41) is 15.4. The summed E-state index contributed by atoms with van der Waals surface area (Å²) in [7, 11) is 0. The van der Waals surface area contributed by atoms with Crippen molar-refractivity contribution in [3.63, 3.8) is 0 Å². The molecule has 1 aromatic carbocycles. The third-order valence-electron chi connectivity index (χ3n) is 5.55. The summed E-state index contributed by atoms with van der Waals surface area (Å²) in [5.74, 6) is -0.512. The van der Waals surface area contributed by atoms with Gasteiger partial charge in [0.15, 0.2) is 11.6 Å². The van der Waals surface area contributed by atoms with Crippen molar-refractivity contribution in [2.75, 3.05) is 37.0 Å². The molecule has 10 heteroatoms. The van der Waals surface area contributed by atoms with E-state index in [1.807, 2.05) is 0 Å². The van der Waals surface area contributed by atoms with Gasteiger partial charge in [-0.05, 0) is 36.5 Å². The van der Waals surface area contributed by atoms with E-state index in [0.717, 1.165) is 25.0 Å². The molecule has 1 atom stereocenters. The number of nitrogens with one attached hydrogen (secondary N) is 2. The molecule has 1 aliphatic heterocycles. The van der Waals surface area contributed by atoms with Crippen LogP contribution in [0.25, 0.3) is 0 Å². The van der Waals surface area contributed by atoms with Crippen LogP contribution in [0.1, 0.15) is 30.0 Å². The van der Waals surface area contributed by atoms with Crippen LogP contribution in [0, 0.1) is 17.2 Å². The Kier molecular flexibility index (Phi) is 5.54. The Hall–Kier alpha value is -2.46. The third kappa shape index (κ3) is 4.34. The SMILES string of the molecule is OCC1(CNc2ncnc(NC(c3ccc(C(F)(F)F)cc3)C3CC3)c2F)COC1. The van der Waals surface area contributed by atoms with Crippen molar-refractivity contribution in [2.24, 2.45) is 11.3 Å². The summed E-state index contributed by atoms with van der Waals surface area (Å²) in [6.45, 7) is 0.968. The highest BCUT2D eigenvalue weighted by atomic mass is 19.4. The van der Waals surface area contributed by atoms with Crippen molar-refractivity contribution < 1.29 is 27.4 Å². The molecule has 3 N–H and O–H groups in total. The molecule has 2 aromatic rings. The summed E-state index contributed by atoms with van der Waals surface area (Å²) in [5.41, 5.74) is -0.538. The van der Waals surface area contributed by atoms with Crippen LogP contribution in [0.4, 0.5) is 29.2 Å². The average Bonchev–Trinajstić information content (AvgIpc) is 3.52. The predicted molar refractivity (Wildman–Crippen MR) is 101 cm³/mol. The van der Waals surface area contributed by atoms with Crippen LogP contribution < -0.4 is 10.6 Å². The Labute approximate surface area is 170 Å². The van der Waals surface area contributed by atoms with Crippen molar-refractivity contribution in [3.8, 4) is 0 Å². The van der Waals surface area contributed by atoms with Crippen LogP contribution in [-0.4, -0.2) is 41.4 Å². The minimum Gasteiger partial charge on any atom is -0.396 e. The first-order chi connectivity index (χ1) is 14.3. The first kappa shape index (κ1) is 20.8. The molecule has 0 bridgehead atoms. The Morgan fingerprint density at radius 3 is 2.33 bits per heavy atom. The van der Waals surface area contributed by atoms with Crippen LogP contribution >= 0.6 is 0 Å². The normalized spacial score (nSPS) is 19.1. The zero-order chi connectivity index (χ0) is 21.4. The number of aromatic nitrogens is 2. The largest absolute Gasteiger partial charge is 0.416 e. The van der Waals surface area contributed by atoms with Gasteiger partial charge in [-0.3, -0.25) is 0 Å². The Balaban J connectivity index is 1.50. The first-order valence-electron chi connectivity index (χ1n) is 9.68. The predicted octanol–water partition coefficient (Wildman–Crippen LogP) is 3.62. The molecule has 1 saturated carbocycles. The Morgan fingerprint density at radius 1 is 1.13 bits per heavy atom. The van der Waals surface area contributed by atoms with Crippen LogP contribution in [-0.2, 0) is 10.9 Å². The second-order valence-electron chi connectivity index (χ2n) is 7.97. The standard InChI is InChI=1S/C20H22F4N4O2/c21-15-17(25-7-19(8-29)9-30-10-19)26-11-27-18(15)28-16(12-1-2-12)13-3-5-14(6-4-13)20(22,23)24/h3-6,11-12,16,29H,1-2,7-10H2,(H2,25,26,27,28). The van der Waals surface area contributed by atoms with Crippen LogP contribution in [0.5, 0.6) is 0 Å². The average molecular weight is 426 g/mol. The molecular weight excluding hydrogens is 404 g/mol. The van der Waals surface area contributed by atoms with E-state index < -0.39 is 23.0 Å². The van der Waals surface area contributed by atoms with E-state index in [1.165, 1.54) is 18.5 Å². The molecule has 0 amide bonds. The minimum atomic E-state index is -4.40. The summed E-state index contributed by atoms with van der Waals surface area (Å²) in [4.78, 5) is 7.91. The molecule has 0 radical (unpaired) electrons. The maximum absolute atomic E-state index is 15.0. The molecule has 162 valence electrons. The lowest BCUT2D eigenvalue weighted by molar-refractivity contribution is -0.137. The van der Waals surface area contributed by atoms with Crippen molar-refractivity contribution in [1.82, 2.24) is 9.97 Å². The van der Waals surface area contributed by atoms with Crippen LogP contribution in [0.15, 0.2) is 30.6 Å². The Morgan fingerprint density at radius 2 is 1.80 bits per heavy atom. The molecule has 1 saturated heterocycles. The smallest absolute Gasteiger partial charge is 0.396 e. The topological polar surface area (TPSA) is 79.3 Å². The fraction of sp³-hybridized carbons (Fsp3) is 0.500. The van der Waals surface area contributed by atoms with Gasteiger partial charge in [-0.15, -0.1) is 0 Å². The molecule has 6 nitrogen and oxygen atoms in total. The van der Waals surface area contributed by atoms with Crippen molar-refractivity contribution in [1.29, 1.82) is 0 Å². The quantitative estimate of drug-likeness (QED) is 0.560. The van der Waals surface area contributed by atoms with Crippen LogP contribution in [0.3, 0.4) is 0 Å². The van der Waals surface area contributed by atoms with Gasteiger partial charge in [0.1, 0.15) is 6.33 Å². The molecule has 4 rings (SSSR count). The third-order valence-corrected chi connectivity index (χ3v) is 5.55. The molecule has 2 aliphatic rings. The molecule has 1 aromatic heterocycles. The summed E-state index contributed by atoms with van der Waals surface area (Å²) in [6, 6.07) is 4.54. The summed E-state index contributed by atoms with van der Waals surface area (Å²) < 4.78 is 58.6. The van der Waals surface area contributed by atoms with E-state index in [4.69, 9.17) is 4.74 Å². The van der Waals surface area contributed by atoms with Gasteiger partial charge in [0.2, 0.25) is 5.82 Å². The lowest BCUT2D eigenvalue weighted by Gasteiger charge is -2.39. The van der Waals surface area contributed by atoms with Gasteiger partial charge >= 0.3 is 6.18 Å². The maximum Gasteiger partial charge on any atom is 0.416 e. The fourth-order valence-corrected chi connectivity index (χ4v) is 3.43. The number of aliphatic hydroxyl groups is 1. The molecule has 30 heavy (non-hydrogen) atoms. The fourth-order valence-electron chi connectivity index (χ4n) is 3.43. The van der Waals surface area contributed by atoms with Gasteiger partial charge < -0.3 is 20.5 Å². The lowest BCUT2D eigenvalue weighted by Crippen LogP contribution is -2.50. The number of aliphatic hydroxyl groups excluding tert-OH is 1. The molecule has 2 fully saturated rings. The number of nitrogens with zero attached hydrogens (tertiary/aromatic N) is 2. The number of anilines is 2. The van der Waals surface area contributed by atoms with Crippen molar-refractivity contribution in [2.45, 2.75) is 25.1 Å². The highest BCUT2D eigenvalue weighted by Gasteiger charge is 2.38. The van der Waals surface area contributed by atoms with Crippen LogP contribution in [0.2, 0.25) is 0 Å². The monoisotopic (exact) mass is 426 g/mol. The van der Waals surface area contributed by atoms with Gasteiger partial charge in [0.05, 0.1) is 36.8 Å². The van der Waals surface area contributed by atoms with E-state index >= 15 is 0 Å². The maximum atomic E-state index is 15.0. The van der Waals surface area contributed by atoms with Crippen molar-refractivity contribution in [3.05, 3.63) is 47.5 Å². The molecule has 1 unspecified atom stereocenters. The van der Waals surface area contributed by atoms with E-state index in [2.05, 4.69) is 20.6 Å². The molecule has 0 spiro atoms. The van der Waals surface area contributed by atoms with Gasteiger partial charge in [0.25, 0.3) is 0 Å². The lowest BCUT2D eigenvalue weighted by atomic mass is 9.87. The number of benzene rings is 1. The number of rotatable bonds is 8. The van der Waals surface area contributed by atoms with Crippen molar-refractivity contribution >= 4 is 11.6 Å². The zero-order valence-electron chi connectivity index (χ0n) is 16.0. The van der Waals surface area contributed by atoms with Gasteiger partial charge in [-0.2, -0.15) is 17.6 Å². The van der Waals surface area contributed by atoms with E-state index in [0.29, 0.717) is 25.3 Å². The number of ether oxygens (including phenoxy) is 1. The molecule has 2 heterocycles. The number of hydrogen-bond donors (Lipinski definition) is 3. The number of hydrogen-bond acceptors (Lipinski definition) is 6. The van der Waals surface area contributed by atoms with E-state index in [9.17, 15) is 22.7 Å². The van der Waals surface area contributed by atoms with E-state index in [-0.39, 0.29) is 30.2 Å². The molecule has 1 aliphatic carbocycles. The number of halogens is 4. The van der Waals surface area contributed by atoms with Gasteiger partial charge in [0, 0.05) is 6.54 Å². The second kappa shape index (κ2) is 7.99. The van der Waals surface area contributed by atoms with Gasteiger partial charge in [-0.1, -0.05) is 12.1 Å². The Bertz CT molecular complexity index is 878. The summed E-state index contributed by atoms with van der Waals surface area (Å²) >= 11 is 0. The zero-order valence-corrected chi connectivity index (χ0v) is 16.0. The minimum absolute atomic E-state index is 0.00538. The molecular formula is C20H22F4N4O2. The highest BCUT2D eigenvalue weighted by molar-refractivity contribution is 5.51. The first-order valence-corrected chi connectivity index (χ1v) is 9.68. The summed E-state index contributed by atoms with van der Waals surface area (Å²) in [6.07, 6.45) is -1.39.